The highest BCUT2D eigenvalue weighted by Crippen LogP contribution is 2.49. The van der Waals surface area contributed by atoms with Crippen molar-refractivity contribution in [1.82, 2.24) is 0 Å². The van der Waals surface area contributed by atoms with E-state index in [9.17, 15) is 19.2 Å². The fraction of sp³-hybridized carbons (Fsp3) is 0.500. The molecule has 2 saturated carbocycles. The molecule has 0 aromatic heterocycles. The lowest BCUT2D eigenvalue weighted by Crippen LogP contribution is -2.39. The zero-order chi connectivity index (χ0) is 34.1. The van der Waals surface area contributed by atoms with E-state index in [1.807, 2.05) is 13.8 Å². The van der Waals surface area contributed by atoms with Crippen LogP contribution >= 0.6 is 69.6 Å². The quantitative estimate of drug-likeness (QED) is 0.102. The van der Waals surface area contributed by atoms with Gasteiger partial charge in [-0.05, 0) is 49.7 Å². The summed E-state index contributed by atoms with van der Waals surface area (Å²) >= 11 is 37.4. The molecule has 0 unspecified atom stereocenters. The van der Waals surface area contributed by atoms with Crippen molar-refractivity contribution in [2.75, 3.05) is 13.2 Å². The van der Waals surface area contributed by atoms with Crippen molar-refractivity contribution in [3.63, 3.8) is 0 Å². The van der Waals surface area contributed by atoms with E-state index >= 15 is 0 Å². The van der Waals surface area contributed by atoms with Gasteiger partial charge in [0.15, 0.2) is 11.5 Å². The number of halogens is 6. The van der Waals surface area contributed by atoms with E-state index in [-0.39, 0.29) is 54.2 Å². The molecule has 0 saturated heterocycles. The second kappa shape index (κ2) is 14.7. The Labute approximate surface area is 297 Å². The van der Waals surface area contributed by atoms with Crippen LogP contribution in [0.1, 0.15) is 86.9 Å². The summed E-state index contributed by atoms with van der Waals surface area (Å²) < 4.78 is 21.4. The Morgan fingerprint density at radius 3 is 1.26 bits per heavy atom. The molecule has 4 rings (SSSR count). The zero-order valence-corrected chi connectivity index (χ0v) is 30.0. The Morgan fingerprint density at radius 1 is 0.630 bits per heavy atom. The van der Waals surface area contributed by atoms with Crippen molar-refractivity contribution in [2.45, 2.75) is 66.2 Å². The van der Waals surface area contributed by atoms with Crippen LogP contribution in [0.15, 0.2) is 12.1 Å². The molecule has 0 spiro atoms. The first-order valence-corrected chi connectivity index (χ1v) is 16.9. The zero-order valence-electron chi connectivity index (χ0n) is 25.5. The van der Waals surface area contributed by atoms with Gasteiger partial charge in [0.05, 0.1) is 43.3 Å². The molecule has 14 heteroatoms. The van der Waals surface area contributed by atoms with Gasteiger partial charge in [0.1, 0.15) is 11.1 Å². The maximum absolute atomic E-state index is 13.2. The summed E-state index contributed by atoms with van der Waals surface area (Å²) in [6.07, 6.45) is 5.54. The maximum Gasteiger partial charge on any atom is 0.423 e. The van der Waals surface area contributed by atoms with Crippen molar-refractivity contribution in [1.29, 1.82) is 0 Å². The molecular weight excluding hydrogens is 725 g/mol. The molecule has 0 amide bonds. The third kappa shape index (κ3) is 8.01. The van der Waals surface area contributed by atoms with Gasteiger partial charge in [-0.3, -0.25) is 0 Å². The number of benzene rings is 2. The average Bonchev–Trinajstić information content (AvgIpc) is 2.97. The van der Waals surface area contributed by atoms with E-state index in [2.05, 4.69) is 13.8 Å². The molecule has 46 heavy (non-hydrogen) atoms. The van der Waals surface area contributed by atoms with Crippen molar-refractivity contribution in [3.05, 3.63) is 53.4 Å². The van der Waals surface area contributed by atoms with Crippen LogP contribution in [0.4, 0.5) is 0 Å². The molecule has 0 atom stereocenters. The van der Waals surface area contributed by atoms with Crippen LogP contribution in [0, 0.1) is 22.7 Å². The number of esters is 4. The van der Waals surface area contributed by atoms with Crippen LogP contribution in [0.2, 0.25) is 30.1 Å². The number of carbonyl (C=O) groups is 4. The minimum atomic E-state index is -1.64. The van der Waals surface area contributed by atoms with Gasteiger partial charge in [0.25, 0.3) is 0 Å². The van der Waals surface area contributed by atoms with Crippen LogP contribution in [0.3, 0.4) is 0 Å². The summed E-state index contributed by atoms with van der Waals surface area (Å²) in [6, 6.07) is 2.26. The van der Waals surface area contributed by atoms with Crippen LogP contribution in [0.25, 0.3) is 0 Å². The largest absolute Gasteiger partial charge is 0.461 e. The highest BCUT2D eigenvalue weighted by Gasteiger charge is 2.42. The smallest absolute Gasteiger partial charge is 0.423 e. The third-order valence-corrected chi connectivity index (χ3v) is 10.7. The first-order chi connectivity index (χ1) is 21.5. The van der Waals surface area contributed by atoms with Crippen LogP contribution in [-0.4, -0.2) is 37.1 Å². The van der Waals surface area contributed by atoms with E-state index in [4.69, 9.17) is 88.6 Å². The van der Waals surface area contributed by atoms with E-state index in [0.717, 1.165) is 50.7 Å². The molecule has 2 aromatic carbocycles. The van der Waals surface area contributed by atoms with Crippen molar-refractivity contribution in [3.8, 4) is 11.5 Å². The molecule has 0 aliphatic heterocycles. The maximum atomic E-state index is 13.2. The second-order valence-electron chi connectivity index (χ2n) is 12.6. The van der Waals surface area contributed by atoms with Gasteiger partial charge in [-0.2, -0.15) is 0 Å². The lowest BCUT2D eigenvalue weighted by atomic mass is 9.63. The average molecular weight is 757 g/mol. The van der Waals surface area contributed by atoms with Gasteiger partial charge >= 0.3 is 23.9 Å². The molecule has 0 bridgehead atoms. The van der Waals surface area contributed by atoms with E-state index in [0.29, 0.717) is 11.8 Å². The predicted octanol–water partition coefficient (Wildman–Crippen LogP) is 10.1. The second-order valence-corrected chi connectivity index (χ2v) is 15.0. The van der Waals surface area contributed by atoms with E-state index in [1.54, 1.807) is 0 Å². The lowest BCUT2D eigenvalue weighted by molar-refractivity contribution is -0.156. The first kappa shape index (κ1) is 36.9. The summed E-state index contributed by atoms with van der Waals surface area (Å²) in [7, 11) is 0. The third-order valence-electron chi connectivity index (χ3n) is 8.60. The first-order valence-electron chi connectivity index (χ1n) is 14.6. The number of rotatable bonds is 10. The van der Waals surface area contributed by atoms with Crippen LogP contribution < -0.4 is 9.47 Å². The molecule has 2 aliphatic carbocycles. The fourth-order valence-corrected chi connectivity index (χ4v) is 7.53. The molecule has 250 valence electrons. The van der Waals surface area contributed by atoms with E-state index < -0.39 is 46.5 Å². The van der Waals surface area contributed by atoms with Gasteiger partial charge in [-0.1, -0.05) is 110 Å². The number of ether oxygens (including phenoxy) is 4. The van der Waals surface area contributed by atoms with Gasteiger partial charge in [-0.15, -0.1) is 0 Å². The molecule has 8 nitrogen and oxygen atoms in total. The van der Waals surface area contributed by atoms with Crippen LogP contribution in [-0.2, 0) is 19.1 Å². The lowest BCUT2D eigenvalue weighted by Gasteiger charge is -2.44. The fourth-order valence-electron chi connectivity index (χ4n) is 6.10. The Hall–Kier alpha value is -1.94. The molecular formula is C32H32Cl6O8. The Morgan fingerprint density at radius 2 is 0.957 bits per heavy atom. The van der Waals surface area contributed by atoms with E-state index in [1.165, 1.54) is 0 Å². The molecule has 2 aromatic rings. The molecule has 0 radical (unpaired) electrons. The molecule has 0 heterocycles. The minimum Gasteiger partial charge on any atom is -0.461 e. The molecule has 2 fully saturated rings. The molecule has 2 aliphatic rings. The summed E-state index contributed by atoms with van der Waals surface area (Å²) in [6.45, 7) is 8.31. The van der Waals surface area contributed by atoms with Crippen molar-refractivity contribution in [2.24, 2.45) is 22.7 Å². The molecule has 0 N–H and O–H groups in total. The predicted molar refractivity (Wildman–Crippen MR) is 177 cm³/mol. The van der Waals surface area contributed by atoms with Gasteiger partial charge in [0, 0.05) is 10.8 Å². The van der Waals surface area contributed by atoms with Crippen LogP contribution in [0.5, 0.6) is 11.5 Å². The summed E-state index contributed by atoms with van der Waals surface area (Å²) in [4.78, 5) is 52.3. The SMILES string of the molecule is CCC1CC(C)(COC(=O)c2c(Cl)c(Cl)cc(Cl)c2OC(=O)C(=O)Oc2c(Cl)cc(Cl)c(Cl)c2C(=O)OCC2(C)CC(CC)C2)C1. The highest BCUT2D eigenvalue weighted by atomic mass is 35.5. The Kier molecular flexibility index (Phi) is 11.8. The van der Waals surface area contributed by atoms with Gasteiger partial charge in [0.2, 0.25) is 0 Å². The summed E-state index contributed by atoms with van der Waals surface area (Å²) in [5, 5.41) is -1.46. The number of carbonyl (C=O) groups excluding carboxylic acids is 4. The Bertz CT molecular complexity index is 1450. The highest BCUT2D eigenvalue weighted by molar-refractivity contribution is 6.47. The summed E-state index contributed by atoms with van der Waals surface area (Å²) in [5.41, 5.74) is -1.36. The topological polar surface area (TPSA) is 105 Å². The van der Waals surface area contributed by atoms with Crippen molar-refractivity contribution >= 4 is 93.5 Å². The summed E-state index contributed by atoms with van der Waals surface area (Å²) in [5.74, 6) is -5.27. The minimum absolute atomic E-state index is 0.0747. The van der Waals surface area contributed by atoms with Gasteiger partial charge < -0.3 is 18.9 Å². The van der Waals surface area contributed by atoms with Crippen molar-refractivity contribution < 1.29 is 38.1 Å². The van der Waals surface area contributed by atoms with Gasteiger partial charge in [-0.25, -0.2) is 19.2 Å². The monoisotopic (exact) mass is 754 g/mol. The normalized spacial score (nSPS) is 23.5. The Balaban J connectivity index is 1.53. The number of hydrogen-bond acceptors (Lipinski definition) is 8. The number of hydrogen-bond donors (Lipinski definition) is 0. The standard InChI is InChI=1S/C32H32Cl6O8/c1-5-15-9-31(3,10-15)13-43-27(39)21-23(37)17(33)7-19(35)25(21)45-29(41)30(42)46-26-20(36)8-18(34)24(38)22(26)28(40)44-14-32(4)11-16(6-2)12-32/h7-8,15-16H,5-6,9-14H2,1-4H3.